The summed E-state index contributed by atoms with van der Waals surface area (Å²) in [5, 5.41) is 11.6. The highest BCUT2D eigenvalue weighted by molar-refractivity contribution is 7.88. The summed E-state index contributed by atoms with van der Waals surface area (Å²) < 4.78 is 26.7. The van der Waals surface area contributed by atoms with E-state index in [2.05, 4.69) is 5.32 Å². The molecule has 0 unspecified atom stereocenters. The Morgan fingerprint density at radius 2 is 1.64 bits per heavy atom. The van der Waals surface area contributed by atoms with Gasteiger partial charge in [-0.2, -0.15) is 9.57 Å². The number of anilines is 1. The van der Waals surface area contributed by atoms with Crippen molar-refractivity contribution in [2.24, 2.45) is 0 Å². The van der Waals surface area contributed by atoms with E-state index in [9.17, 15) is 13.2 Å². The molecule has 1 fully saturated rings. The number of benzene rings is 2. The summed E-state index contributed by atoms with van der Waals surface area (Å²) in [6.45, 7) is 1.97. The van der Waals surface area contributed by atoms with Crippen LogP contribution in [-0.2, 0) is 20.6 Å². The van der Waals surface area contributed by atoms with Crippen LogP contribution in [0.4, 0.5) is 5.69 Å². The second-order valence-corrected chi connectivity index (χ2v) is 8.62. The predicted octanol–water partition coefficient (Wildman–Crippen LogP) is 1.64. The first-order chi connectivity index (χ1) is 13.5. The summed E-state index contributed by atoms with van der Waals surface area (Å²) in [5.41, 5.74) is 1.94. The molecular weight excluding hydrogens is 376 g/mol. The van der Waals surface area contributed by atoms with E-state index in [1.165, 1.54) is 4.31 Å². The zero-order valence-electron chi connectivity index (χ0n) is 15.4. The molecule has 7 nitrogen and oxygen atoms in total. The van der Waals surface area contributed by atoms with Crippen LogP contribution in [0.3, 0.4) is 0 Å². The van der Waals surface area contributed by atoms with Gasteiger partial charge in [0.2, 0.25) is 15.9 Å². The maximum atomic E-state index is 12.6. The molecule has 2 aromatic rings. The molecule has 0 radical (unpaired) electrons. The summed E-state index contributed by atoms with van der Waals surface area (Å²) in [6.07, 6.45) is 0. The molecular formula is C20H22N4O3S. The van der Waals surface area contributed by atoms with Gasteiger partial charge in [-0.15, -0.1) is 0 Å². The number of nitriles is 1. The predicted molar refractivity (Wildman–Crippen MR) is 107 cm³/mol. The lowest BCUT2D eigenvalue weighted by atomic mass is 10.2. The second kappa shape index (κ2) is 8.97. The van der Waals surface area contributed by atoms with E-state index >= 15 is 0 Å². The SMILES string of the molecule is N#Cc1ccc(NC(=O)CN2CCN(S(=O)(=O)Cc3ccccc3)CC2)cc1. The second-order valence-electron chi connectivity index (χ2n) is 6.65. The average Bonchev–Trinajstić information content (AvgIpc) is 2.69. The Morgan fingerprint density at radius 1 is 1.00 bits per heavy atom. The summed E-state index contributed by atoms with van der Waals surface area (Å²) in [6, 6.07) is 17.8. The number of sulfonamides is 1. The lowest BCUT2D eigenvalue weighted by molar-refractivity contribution is -0.117. The van der Waals surface area contributed by atoms with Crippen LogP contribution in [0, 0.1) is 11.3 Å². The Bertz CT molecular complexity index is 945. The molecule has 1 aliphatic rings. The van der Waals surface area contributed by atoms with E-state index in [0.717, 1.165) is 5.56 Å². The lowest BCUT2D eigenvalue weighted by Crippen LogP contribution is -2.50. The van der Waals surface area contributed by atoms with Crippen LogP contribution in [0.25, 0.3) is 0 Å². The molecule has 2 aromatic carbocycles. The number of nitrogens with one attached hydrogen (secondary N) is 1. The molecule has 1 saturated heterocycles. The van der Waals surface area contributed by atoms with Gasteiger partial charge in [0.25, 0.3) is 0 Å². The molecule has 0 saturated carbocycles. The fraction of sp³-hybridized carbons (Fsp3) is 0.300. The van der Waals surface area contributed by atoms with Crippen molar-refractivity contribution in [1.29, 1.82) is 5.26 Å². The van der Waals surface area contributed by atoms with Crippen molar-refractivity contribution in [1.82, 2.24) is 9.21 Å². The zero-order chi connectivity index (χ0) is 20.0. The van der Waals surface area contributed by atoms with E-state index in [0.29, 0.717) is 37.4 Å². The highest BCUT2D eigenvalue weighted by Gasteiger charge is 2.27. The van der Waals surface area contributed by atoms with Crippen molar-refractivity contribution in [3.8, 4) is 6.07 Å². The smallest absolute Gasteiger partial charge is 0.238 e. The topological polar surface area (TPSA) is 93.5 Å². The minimum Gasteiger partial charge on any atom is -0.325 e. The van der Waals surface area contributed by atoms with E-state index < -0.39 is 10.0 Å². The van der Waals surface area contributed by atoms with E-state index in [1.54, 1.807) is 36.4 Å². The maximum absolute atomic E-state index is 12.6. The van der Waals surface area contributed by atoms with Crippen molar-refractivity contribution in [2.75, 3.05) is 38.0 Å². The van der Waals surface area contributed by atoms with E-state index in [-0.39, 0.29) is 18.2 Å². The quantitative estimate of drug-likeness (QED) is 0.799. The summed E-state index contributed by atoms with van der Waals surface area (Å²) in [4.78, 5) is 14.1. The highest BCUT2D eigenvalue weighted by Crippen LogP contribution is 2.14. The third-order valence-corrected chi connectivity index (χ3v) is 6.43. The van der Waals surface area contributed by atoms with Crippen molar-refractivity contribution in [3.05, 3.63) is 65.7 Å². The van der Waals surface area contributed by atoms with Gasteiger partial charge in [-0.1, -0.05) is 30.3 Å². The van der Waals surface area contributed by atoms with Crippen molar-refractivity contribution >= 4 is 21.6 Å². The Morgan fingerprint density at radius 3 is 2.25 bits per heavy atom. The Labute approximate surface area is 165 Å². The van der Waals surface area contributed by atoms with Gasteiger partial charge >= 0.3 is 0 Å². The number of rotatable bonds is 6. The molecule has 1 amide bonds. The van der Waals surface area contributed by atoms with Crippen LogP contribution in [-0.4, -0.2) is 56.3 Å². The molecule has 0 atom stereocenters. The highest BCUT2D eigenvalue weighted by atomic mass is 32.2. The molecule has 28 heavy (non-hydrogen) atoms. The minimum atomic E-state index is -3.36. The standard InChI is InChI=1S/C20H22N4O3S/c21-14-17-6-8-19(9-7-17)22-20(25)15-23-10-12-24(13-11-23)28(26,27)16-18-4-2-1-3-5-18/h1-9H,10-13,15-16H2,(H,22,25). The van der Waals surface area contributed by atoms with Crippen LogP contribution < -0.4 is 5.32 Å². The number of hydrogen-bond acceptors (Lipinski definition) is 5. The van der Waals surface area contributed by atoms with Gasteiger partial charge in [0.1, 0.15) is 0 Å². The fourth-order valence-electron chi connectivity index (χ4n) is 3.07. The third kappa shape index (κ3) is 5.39. The number of carbonyl (C=O) groups is 1. The van der Waals surface area contributed by atoms with Crippen LogP contribution in [0.5, 0.6) is 0 Å². The Balaban J connectivity index is 1.48. The third-order valence-electron chi connectivity index (χ3n) is 4.58. The number of nitrogens with zero attached hydrogens (tertiary/aromatic N) is 3. The van der Waals surface area contributed by atoms with Crippen LogP contribution in [0.1, 0.15) is 11.1 Å². The largest absolute Gasteiger partial charge is 0.325 e. The van der Waals surface area contributed by atoms with Crippen molar-refractivity contribution in [2.45, 2.75) is 5.75 Å². The van der Waals surface area contributed by atoms with Gasteiger partial charge in [0.05, 0.1) is 23.9 Å². The number of piperazine rings is 1. The summed E-state index contributed by atoms with van der Waals surface area (Å²) >= 11 is 0. The van der Waals surface area contributed by atoms with Crippen LogP contribution in [0.15, 0.2) is 54.6 Å². The molecule has 1 N–H and O–H groups in total. The molecule has 0 aromatic heterocycles. The van der Waals surface area contributed by atoms with Crippen LogP contribution in [0.2, 0.25) is 0 Å². The summed E-state index contributed by atoms with van der Waals surface area (Å²) in [7, 11) is -3.36. The first-order valence-electron chi connectivity index (χ1n) is 9.00. The monoisotopic (exact) mass is 398 g/mol. The molecule has 0 bridgehead atoms. The molecule has 3 rings (SSSR count). The number of hydrogen-bond donors (Lipinski definition) is 1. The normalized spacial score (nSPS) is 15.7. The molecule has 1 aliphatic heterocycles. The molecule has 0 aliphatic carbocycles. The molecule has 0 spiro atoms. The molecule has 1 heterocycles. The van der Waals surface area contributed by atoms with Crippen molar-refractivity contribution < 1.29 is 13.2 Å². The van der Waals surface area contributed by atoms with Gasteiger partial charge in [0, 0.05) is 31.9 Å². The molecule has 8 heteroatoms. The number of amides is 1. The van der Waals surface area contributed by atoms with Gasteiger partial charge < -0.3 is 5.32 Å². The fourth-order valence-corrected chi connectivity index (χ4v) is 4.59. The summed E-state index contributed by atoms with van der Waals surface area (Å²) in [5.74, 6) is -0.169. The zero-order valence-corrected chi connectivity index (χ0v) is 16.2. The van der Waals surface area contributed by atoms with Gasteiger partial charge in [-0.3, -0.25) is 9.69 Å². The lowest BCUT2D eigenvalue weighted by Gasteiger charge is -2.33. The van der Waals surface area contributed by atoms with Gasteiger partial charge in [0.15, 0.2) is 0 Å². The van der Waals surface area contributed by atoms with E-state index in [4.69, 9.17) is 5.26 Å². The molecule has 146 valence electrons. The van der Waals surface area contributed by atoms with Crippen LogP contribution >= 0.6 is 0 Å². The van der Waals surface area contributed by atoms with E-state index in [1.807, 2.05) is 29.2 Å². The van der Waals surface area contributed by atoms with Gasteiger partial charge in [-0.05, 0) is 29.8 Å². The van der Waals surface area contributed by atoms with Crippen molar-refractivity contribution in [3.63, 3.8) is 0 Å². The average molecular weight is 398 g/mol. The number of carbonyl (C=O) groups excluding carboxylic acids is 1. The maximum Gasteiger partial charge on any atom is 0.238 e. The minimum absolute atomic E-state index is 0.00693. The Hall–Kier alpha value is -2.73. The Kier molecular flexibility index (Phi) is 6.41. The first-order valence-corrected chi connectivity index (χ1v) is 10.6. The van der Waals surface area contributed by atoms with Gasteiger partial charge in [-0.25, -0.2) is 8.42 Å². The first kappa shape index (κ1) is 20.0.